The van der Waals surface area contributed by atoms with Crippen molar-refractivity contribution >= 4 is 28.3 Å². The average molecular weight is 448 g/mol. The summed E-state index contributed by atoms with van der Waals surface area (Å²) in [6.07, 6.45) is 1.51. The van der Waals surface area contributed by atoms with Gasteiger partial charge in [0.05, 0.1) is 18.3 Å². The van der Waals surface area contributed by atoms with Crippen LogP contribution in [0, 0.1) is 11.6 Å². The molecule has 1 heterocycles. The van der Waals surface area contributed by atoms with E-state index >= 15 is 0 Å². The number of benzene rings is 3. The summed E-state index contributed by atoms with van der Waals surface area (Å²) in [6, 6.07) is 15.1. The van der Waals surface area contributed by atoms with Crippen molar-refractivity contribution in [2.75, 3.05) is 18.5 Å². The van der Waals surface area contributed by atoms with Gasteiger partial charge < -0.3 is 15.2 Å². The van der Waals surface area contributed by atoms with Crippen LogP contribution in [-0.4, -0.2) is 35.0 Å². The van der Waals surface area contributed by atoms with Crippen LogP contribution < -0.4 is 10.1 Å². The molecule has 3 aromatic carbocycles. The number of anilines is 1. The number of ketones is 1. The molecule has 0 fully saturated rings. The fourth-order valence-electron chi connectivity index (χ4n) is 3.29. The van der Waals surface area contributed by atoms with Crippen molar-refractivity contribution in [3.63, 3.8) is 0 Å². The number of pyridine rings is 1. The summed E-state index contributed by atoms with van der Waals surface area (Å²) in [5, 5.41) is 12.0. The highest BCUT2D eigenvalue weighted by molar-refractivity contribution is 6.11. The minimum atomic E-state index is -0.711. The predicted molar refractivity (Wildman–Crippen MR) is 119 cm³/mol. The number of rotatable bonds is 7. The summed E-state index contributed by atoms with van der Waals surface area (Å²) in [7, 11) is 0. The van der Waals surface area contributed by atoms with Crippen molar-refractivity contribution in [3.05, 3.63) is 101 Å². The molecule has 0 atom stereocenters. The van der Waals surface area contributed by atoms with E-state index < -0.39 is 23.3 Å². The van der Waals surface area contributed by atoms with Crippen LogP contribution in [0.2, 0.25) is 0 Å². The Hall–Kier alpha value is -4.17. The molecule has 0 saturated heterocycles. The standard InChI is InChI=1S/C25H18F2N2O4/c26-19-3-1-2-16(9-19)25(32)29-21-11-18(10-20(27)13-21)24(31)15-4-5-23-17(8-15)12-22(14-28-23)33-7-6-30/h1-5,8-14,30H,6-7H2,(H,29,32). The van der Waals surface area contributed by atoms with Crippen LogP contribution in [0.15, 0.2) is 72.9 Å². The highest BCUT2D eigenvalue weighted by Crippen LogP contribution is 2.23. The molecule has 4 rings (SSSR count). The first kappa shape index (κ1) is 22.0. The topological polar surface area (TPSA) is 88.5 Å². The largest absolute Gasteiger partial charge is 0.490 e. The van der Waals surface area contributed by atoms with Crippen LogP contribution in [0.5, 0.6) is 5.75 Å². The van der Waals surface area contributed by atoms with Crippen molar-refractivity contribution < 1.29 is 28.2 Å². The van der Waals surface area contributed by atoms with Crippen LogP contribution in [-0.2, 0) is 0 Å². The molecule has 0 saturated carbocycles. The maximum absolute atomic E-state index is 14.2. The lowest BCUT2D eigenvalue weighted by Crippen LogP contribution is -2.13. The van der Waals surface area contributed by atoms with E-state index in [1.165, 1.54) is 30.5 Å². The molecule has 33 heavy (non-hydrogen) atoms. The third-order valence-electron chi connectivity index (χ3n) is 4.78. The number of aliphatic hydroxyl groups is 1. The molecular weight excluding hydrogens is 430 g/mol. The zero-order valence-corrected chi connectivity index (χ0v) is 17.2. The molecule has 0 aliphatic heterocycles. The highest BCUT2D eigenvalue weighted by atomic mass is 19.1. The minimum Gasteiger partial charge on any atom is -0.490 e. The quantitative estimate of drug-likeness (QED) is 0.410. The molecule has 0 spiro atoms. The van der Waals surface area contributed by atoms with E-state index in [0.29, 0.717) is 16.7 Å². The number of hydrogen-bond donors (Lipinski definition) is 2. The Morgan fingerprint density at radius 2 is 1.73 bits per heavy atom. The van der Waals surface area contributed by atoms with Crippen molar-refractivity contribution in [2.24, 2.45) is 0 Å². The maximum atomic E-state index is 14.2. The lowest BCUT2D eigenvalue weighted by molar-refractivity contribution is 0.102. The van der Waals surface area contributed by atoms with Gasteiger partial charge in [0.15, 0.2) is 5.78 Å². The predicted octanol–water partition coefficient (Wildman–Crippen LogP) is 4.37. The normalized spacial score (nSPS) is 10.8. The highest BCUT2D eigenvalue weighted by Gasteiger charge is 2.15. The monoisotopic (exact) mass is 448 g/mol. The molecule has 0 unspecified atom stereocenters. The molecule has 0 aliphatic rings. The molecule has 0 aliphatic carbocycles. The number of fused-ring (bicyclic) bond motifs is 1. The van der Waals surface area contributed by atoms with Gasteiger partial charge in [-0.25, -0.2) is 8.78 Å². The SMILES string of the molecule is O=C(Nc1cc(F)cc(C(=O)c2ccc3ncc(OCCO)cc3c2)c1)c1cccc(F)c1. The number of halogens is 2. The van der Waals surface area contributed by atoms with Crippen LogP contribution in [0.1, 0.15) is 26.3 Å². The Balaban J connectivity index is 1.60. The summed E-state index contributed by atoms with van der Waals surface area (Å²) < 4.78 is 33.0. The molecule has 4 aromatic rings. The number of carbonyl (C=O) groups excluding carboxylic acids is 2. The summed E-state index contributed by atoms with van der Waals surface area (Å²) in [4.78, 5) is 29.7. The van der Waals surface area contributed by atoms with E-state index in [1.807, 2.05) is 0 Å². The second kappa shape index (κ2) is 9.54. The van der Waals surface area contributed by atoms with E-state index in [4.69, 9.17) is 9.84 Å². The molecule has 1 aromatic heterocycles. The van der Waals surface area contributed by atoms with E-state index in [0.717, 1.165) is 18.2 Å². The minimum absolute atomic E-state index is 0.0320. The van der Waals surface area contributed by atoms with Crippen LogP contribution >= 0.6 is 0 Å². The number of aromatic nitrogens is 1. The van der Waals surface area contributed by atoms with Crippen LogP contribution in [0.3, 0.4) is 0 Å². The van der Waals surface area contributed by atoms with E-state index in [1.54, 1.807) is 24.3 Å². The molecule has 6 nitrogen and oxygen atoms in total. The molecule has 0 radical (unpaired) electrons. The summed E-state index contributed by atoms with van der Waals surface area (Å²) >= 11 is 0. The van der Waals surface area contributed by atoms with Gasteiger partial charge in [-0.2, -0.15) is 0 Å². The molecular formula is C25H18F2N2O4. The summed E-state index contributed by atoms with van der Waals surface area (Å²) in [5.74, 6) is -1.94. The second-order valence-electron chi connectivity index (χ2n) is 7.17. The lowest BCUT2D eigenvalue weighted by atomic mass is 10.0. The third-order valence-corrected chi connectivity index (χ3v) is 4.78. The zero-order chi connectivity index (χ0) is 23.4. The van der Waals surface area contributed by atoms with Crippen molar-refractivity contribution in [3.8, 4) is 5.75 Å². The molecule has 166 valence electrons. The second-order valence-corrected chi connectivity index (χ2v) is 7.17. The Kier molecular flexibility index (Phi) is 6.37. The van der Waals surface area contributed by atoms with Gasteiger partial charge >= 0.3 is 0 Å². The number of amides is 1. The van der Waals surface area contributed by atoms with Crippen molar-refractivity contribution in [2.45, 2.75) is 0 Å². The first-order valence-corrected chi connectivity index (χ1v) is 9.98. The molecule has 8 heteroatoms. The Labute approximate surface area is 187 Å². The van der Waals surface area contributed by atoms with E-state index in [9.17, 15) is 18.4 Å². The molecule has 2 N–H and O–H groups in total. The number of nitrogens with one attached hydrogen (secondary N) is 1. The average Bonchev–Trinajstić information content (AvgIpc) is 2.81. The van der Waals surface area contributed by atoms with Gasteiger partial charge in [-0.3, -0.25) is 14.6 Å². The Bertz CT molecular complexity index is 1360. The van der Waals surface area contributed by atoms with Crippen LogP contribution in [0.4, 0.5) is 14.5 Å². The number of aliphatic hydroxyl groups excluding tert-OH is 1. The smallest absolute Gasteiger partial charge is 0.255 e. The summed E-state index contributed by atoms with van der Waals surface area (Å²) in [5.41, 5.74) is 1.08. The third kappa shape index (κ3) is 5.19. The van der Waals surface area contributed by atoms with Gasteiger partial charge in [0, 0.05) is 27.8 Å². The Morgan fingerprint density at radius 3 is 2.52 bits per heavy atom. The van der Waals surface area contributed by atoms with Gasteiger partial charge in [-0.05, 0) is 60.7 Å². The fourth-order valence-corrected chi connectivity index (χ4v) is 3.29. The van der Waals surface area contributed by atoms with Crippen molar-refractivity contribution in [1.82, 2.24) is 4.98 Å². The lowest BCUT2D eigenvalue weighted by Gasteiger charge is -2.09. The number of ether oxygens (including phenoxy) is 1. The fraction of sp³-hybridized carbons (Fsp3) is 0.0800. The molecule has 1 amide bonds. The maximum Gasteiger partial charge on any atom is 0.255 e. The number of nitrogens with zero attached hydrogens (tertiary/aromatic N) is 1. The first-order valence-electron chi connectivity index (χ1n) is 9.98. The van der Waals surface area contributed by atoms with E-state index in [-0.39, 0.29) is 35.6 Å². The first-order chi connectivity index (χ1) is 15.9. The molecule has 0 bridgehead atoms. The van der Waals surface area contributed by atoms with Gasteiger partial charge in [-0.1, -0.05) is 6.07 Å². The Morgan fingerprint density at radius 1 is 0.909 bits per heavy atom. The van der Waals surface area contributed by atoms with Crippen molar-refractivity contribution in [1.29, 1.82) is 0 Å². The number of carbonyl (C=O) groups is 2. The summed E-state index contributed by atoms with van der Waals surface area (Å²) in [6.45, 7) is -0.0343. The van der Waals surface area contributed by atoms with Crippen LogP contribution in [0.25, 0.3) is 10.9 Å². The number of hydrogen-bond acceptors (Lipinski definition) is 5. The van der Waals surface area contributed by atoms with E-state index in [2.05, 4.69) is 10.3 Å². The van der Waals surface area contributed by atoms with Gasteiger partial charge in [0.2, 0.25) is 0 Å². The van der Waals surface area contributed by atoms with Gasteiger partial charge in [0.25, 0.3) is 5.91 Å². The zero-order valence-electron chi connectivity index (χ0n) is 17.2. The van der Waals surface area contributed by atoms with Gasteiger partial charge in [-0.15, -0.1) is 0 Å². The van der Waals surface area contributed by atoms with Gasteiger partial charge in [0.1, 0.15) is 24.0 Å².